The first-order valence-electron chi connectivity index (χ1n) is 4.86. The molecule has 0 aromatic rings. The van der Waals surface area contributed by atoms with Crippen molar-refractivity contribution in [2.45, 2.75) is 34.1 Å². The van der Waals surface area contributed by atoms with Crippen LogP contribution in [0.4, 0.5) is 0 Å². The van der Waals surface area contributed by atoms with Crippen molar-refractivity contribution in [2.24, 2.45) is 5.73 Å². The zero-order chi connectivity index (χ0) is 11.1. The van der Waals surface area contributed by atoms with E-state index in [9.17, 15) is 0 Å². The molecule has 0 radical (unpaired) electrons. The normalized spacial score (nSPS) is 11.9. The fourth-order valence-corrected chi connectivity index (χ4v) is 1.46. The van der Waals surface area contributed by atoms with Crippen LogP contribution in [0.3, 0.4) is 0 Å². The lowest BCUT2D eigenvalue weighted by Crippen LogP contribution is -2.02. The highest BCUT2D eigenvalue weighted by atomic mass is 14.5. The first-order valence-corrected chi connectivity index (χ1v) is 4.86. The number of hydrogen-bond donors (Lipinski definition) is 2. The quantitative estimate of drug-likeness (QED) is 0.521. The fraction of sp³-hybridized carbons (Fsp3) is 0.417. The summed E-state index contributed by atoms with van der Waals surface area (Å²) >= 11 is 0. The predicted octanol–water partition coefficient (Wildman–Crippen LogP) is 3.17. The highest BCUT2D eigenvalue weighted by Gasteiger charge is 2.05. The summed E-state index contributed by atoms with van der Waals surface area (Å²) in [6.07, 6.45) is 6.14. The van der Waals surface area contributed by atoms with Gasteiger partial charge in [0, 0.05) is 5.57 Å². The summed E-state index contributed by atoms with van der Waals surface area (Å²) in [5.74, 6) is 0. The van der Waals surface area contributed by atoms with Crippen LogP contribution in [0.5, 0.6) is 0 Å². The first kappa shape index (κ1) is 12.7. The third-order valence-electron chi connectivity index (χ3n) is 1.94. The van der Waals surface area contributed by atoms with Gasteiger partial charge >= 0.3 is 0 Å². The minimum atomic E-state index is 0.481. The van der Waals surface area contributed by atoms with Crippen molar-refractivity contribution < 1.29 is 0 Å². The third kappa shape index (κ3) is 3.60. The van der Waals surface area contributed by atoms with E-state index in [-0.39, 0.29) is 0 Å². The molecule has 0 unspecified atom stereocenters. The monoisotopic (exact) mass is 192 g/mol. The molecule has 0 rings (SSSR count). The van der Waals surface area contributed by atoms with Gasteiger partial charge in [-0.2, -0.15) is 0 Å². The molecule has 14 heavy (non-hydrogen) atoms. The van der Waals surface area contributed by atoms with E-state index in [0.717, 1.165) is 23.1 Å². The van der Waals surface area contributed by atoms with E-state index in [4.69, 9.17) is 11.1 Å². The molecule has 0 saturated heterocycles. The van der Waals surface area contributed by atoms with E-state index in [2.05, 4.69) is 13.0 Å². The highest BCUT2D eigenvalue weighted by molar-refractivity contribution is 6.09. The van der Waals surface area contributed by atoms with Crippen molar-refractivity contribution in [2.75, 3.05) is 0 Å². The van der Waals surface area contributed by atoms with Crippen molar-refractivity contribution in [3.63, 3.8) is 0 Å². The summed E-state index contributed by atoms with van der Waals surface area (Å²) in [5, 5.41) is 7.82. The Hall–Kier alpha value is -1.31. The van der Waals surface area contributed by atoms with Crippen LogP contribution in [0.25, 0.3) is 0 Å². The van der Waals surface area contributed by atoms with Crippen molar-refractivity contribution in [1.29, 1.82) is 5.41 Å². The van der Waals surface area contributed by atoms with Gasteiger partial charge in [-0.1, -0.05) is 18.6 Å². The first-order chi connectivity index (χ1) is 6.54. The molecular formula is C12H20N2. The molecule has 0 atom stereocenters. The predicted molar refractivity (Wildman–Crippen MR) is 63.5 cm³/mol. The third-order valence-corrected chi connectivity index (χ3v) is 1.94. The van der Waals surface area contributed by atoms with Crippen molar-refractivity contribution in [3.05, 3.63) is 35.1 Å². The Bertz CT molecular complexity index is 285. The van der Waals surface area contributed by atoms with Gasteiger partial charge in [0.25, 0.3) is 0 Å². The van der Waals surface area contributed by atoms with Crippen molar-refractivity contribution in [1.82, 2.24) is 0 Å². The van der Waals surface area contributed by atoms with Crippen LogP contribution in [0.2, 0.25) is 0 Å². The van der Waals surface area contributed by atoms with Gasteiger partial charge in [0.1, 0.15) is 0 Å². The lowest BCUT2D eigenvalue weighted by atomic mass is 9.97. The van der Waals surface area contributed by atoms with Gasteiger partial charge < -0.3 is 11.1 Å². The van der Waals surface area contributed by atoms with Crippen LogP contribution in [-0.2, 0) is 0 Å². The lowest BCUT2D eigenvalue weighted by Gasteiger charge is -2.09. The number of allylic oxidation sites excluding steroid dienone is 5. The lowest BCUT2D eigenvalue weighted by molar-refractivity contribution is 1.18. The van der Waals surface area contributed by atoms with Gasteiger partial charge in [0.05, 0.1) is 5.71 Å². The molecule has 0 saturated carbocycles. The van der Waals surface area contributed by atoms with Crippen LogP contribution in [0.15, 0.2) is 35.1 Å². The average Bonchev–Trinajstić information content (AvgIpc) is 2.04. The molecule has 0 amide bonds. The molecule has 0 aliphatic rings. The number of hydrogen-bond acceptors (Lipinski definition) is 2. The van der Waals surface area contributed by atoms with Gasteiger partial charge in [-0.3, -0.25) is 0 Å². The molecular weight excluding hydrogens is 172 g/mol. The molecule has 78 valence electrons. The SMILES string of the molecule is CC/C=C(/C)C(C(=N)/C=C\N)=C(C)C. The van der Waals surface area contributed by atoms with Crippen LogP contribution in [0.1, 0.15) is 34.1 Å². The van der Waals surface area contributed by atoms with Crippen LogP contribution in [0, 0.1) is 5.41 Å². The smallest absolute Gasteiger partial charge is 0.0628 e. The molecule has 2 nitrogen and oxygen atoms in total. The minimum Gasteiger partial charge on any atom is -0.405 e. The van der Waals surface area contributed by atoms with E-state index in [1.54, 1.807) is 6.08 Å². The molecule has 0 heterocycles. The summed E-state index contributed by atoms with van der Waals surface area (Å²) in [4.78, 5) is 0. The van der Waals surface area contributed by atoms with Gasteiger partial charge in [0.15, 0.2) is 0 Å². The van der Waals surface area contributed by atoms with E-state index < -0.39 is 0 Å². The Morgan fingerprint density at radius 3 is 2.21 bits per heavy atom. The Morgan fingerprint density at radius 2 is 1.86 bits per heavy atom. The Morgan fingerprint density at radius 1 is 1.29 bits per heavy atom. The summed E-state index contributed by atoms with van der Waals surface area (Å²) in [7, 11) is 0. The Labute approximate surface area is 86.7 Å². The molecule has 0 bridgehead atoms. The fourth-order valence-electron chi connectivity index (χ4n) is 1.46. The molecule has 0 aliphatic heterocycles. The van der Waals surface area contributed by atoms with Gasteiger partial charge in [-0.05, 0) is 45.0 Å². The molecule has 0 fully saturated rings. The second-order valence-electron chi connectivity index (χ2n) is 3.44. The Balaban J connectivity index is 5.10. The van der Waals surface area contributed by atoms with Gasteiger partial charge in [-0.25, -0.2) is 0 Å². The van der Waals surface area contributed by atoms with Gasteiger partial charge in [0.2, 0.25) is 0 Å². The number of rotatable bonds is 4. The summed E-state index contributed by atoms with van der Waals surface area (Å²) in [5.41, 5.74) is 9.05. The molecule has 0 aliphatic carbocycles. The topological polar surface area (TPSA) is 49.9 Å². The summed E-state index contributed by atoms with van der Waals surface area (Å²) in [6, 6.07) is 0. The second-order valence-corrected chi connectivity index (χ2v) is 3.44. The maximum absolute atomic E-state index is 7.82. The van der Waals surface area contributed by atoms with Gasteiger partial charge in [-0.15, -0.1) is 0 Å². The Kier molecular flexibility index (Phi) is 5.61. The molecule has 2 heteroatoms. The largest absolute Gasteiger partial charge is 0.405 e. The van der Waals surface area contributed by atoms with Crippen LogP contribution < -0.4 is 5.73 Å². The van der Waals surface area contributed by atoms with Crippen molar-refractivity contribution in [3.8, 4) is 0 Å². The van der Waals surface area contributed by atoms with E-state index in [0.29, 0.717) is 5.71 Å². The maximum Gasteiger partial charge on any atom is 0.0628 e. The minimum absolute atomic E-state index is 0.481. The van der Waals surface area contributed by atoms with E-state index in [1.807, 2.05) is 20.8 Å². The zero-order valence-electron chi connectivity index (χ0n) is 9.52. The van der Waals surface area contributed by atoms with Crippen LogP contribution in [-0.4, -0.2) is 5.71 Å². The highest BCUT2D eigenvalue weighted by Crippen LogP contribution is 2.16. The van der Waals surface area contributed by atoms with Crippen LogP contribution >= 0.6 is 0 Å². The summed E-state index contributed by atoms with van der Waals surface area (Å²) in [6.45, 7) is 8.15. The standard InChI is InChI=1S/C12H20N2/c1-5-6-10(4)12(9(2)3)11(14)7-8-13/h6-8,14H,5,13H2,1-4H3/b8-7-,10-6-,14-11?. The molecule has 0 aromatic heterocycles. The molecule has 3 N–H and O–H groups in total. The zero-order valence-corrected chi connectivity index (χ0v) is 9.52. The second kappa shape index (κ2) is 6.19. The number of nitrogens with one attached hydrogen (secondary N) is 1. The average molecular weight is 192 g/mol. The van der Waals surface area contributed by atoms with Crippen molar-refractivity contribution >= 4 is 5.71 Å². The molecule has 0 aromatic carbocycles. The maximum atomic E-state index is 7.82. The molecule has 0 spiro atoms. The summed E-state index contributed by atoms with van der Waals surface area (Å²) < 4.78 is 0. The van der Waals surface area contributed by atoms with E-state index in [1.165, 1.54) is 6.20 Å². The number of nitrogens with two attached hydrogens (primary N) is 1. The van der Waals surface area contributed by atoms with E-state index >= 15 is 0 Å².